The van der Waals surface area contributed by atoms with Crippen LogP contribution in [0.25, 0.3) is 0 Å². The summed E-state index contributed by atoms with van der Waals surface area (Å²) in [4.78, 5) is 45.7. The topological polar surface area (TPSA) is 136 Å². The lowest BCUT2D eigenvalue weighted by atomic mass is 10.1. The summed E-state index contributed by atoms with van der Waals surface area (Å²) in [7, 11) is 0. The Morgan fingerprint density at radius 3 is 2.35 bits per heavy atom. The van der Waals surface area contributed by atoms with E-state index >= 15 is 0 Å². The van der Waals surface area contributed by atoms with Crippen molar-refractivity contribution >= 4 is 40.1 Å². The number of rotatable bonds is 6. The molecule has 0 aliphatic rings. The van der Waals surface area contributed by atoms with E-state index < -0.39 is 29.9 Å². The van der Waals surface area contributed by atoms with Crippen molar-refractivity contribution in [3.05, 3.63) is 28.2 Å². The molecular formula is C14H16N2O6S. The first-order valence-corrected chi connectivity index (χ1v) is 7.31. The number of nitrogens with one attached hydrogen (secondary N) is 1. The minimum absolute atomic E-state index is 0.0228. The fraction of sp³-hybridized carbons (Fsp3) is 0.286. The average Bonchev–Trinajstić information content (AvgIpc) is 2.72. The molecule has 0 atom stereocenters. The average molecular weight is 340 g/mol. The van der Waals surface area contributed by atoms with Gasteiger partial charge < -0.3 is 20.9 Å². The molecule has 1 aromatic rings. The summed E-state index contributed by atoms with van der Waals surface area (Å²) in [6, 6.07) is 0. The molecule has 124 valence electrons. The predicted molar refractivity (Wildman–Crippen MR) is 83.5 cm³/mol. The van der Waals surface area contributed by atoms with Crippen molar-refractivity contribution in [3.63, 3.8) is 0 Å². The Morgan fingerprint density at radius 2 is 1.87 bits per heavy atom. The molecule has 0 aliphatic heterocycles. The molecule has 0 aliphatic carbocycles. The van der Waals surface area contributed by atoms with Crippen molar-refractivity contribution in [2.24, 2.45) is 5.73 Å². The lowest BCUT2D eigenvalue weighted by molar-refractivity contribution is -0.131. The maximum Gasteiger partial charge on any atom is 0.341 e. The smallest absolute Gasteiger partial charge is 0.341 e. The Hall–Kier alpha value is -2.68. The van der Waals surface area contributed by atoms with Gasteiger partial charge in [0.15, 0.2) is 0 Å². The number of hydrogen-bond donors (Lipinski definition) is 3. The summed E-state index contributed by atoms with van der Waals surface area (Å²) < 4.78 is 5.08. The van der Waals surface area contributed by atoms with E-state index in [2.05, 4.69) is 5.32 Å². The van der Waals surface area contributed by atoms with Gasteiger partial charge in [-0.3, -0.25) is 9.59 Å². The van der Waals surface area contributed by atoms with E-state index in [4.69, 9.17) is 15.6 Å². The predicted octanol–water partition coefficient (Wildman–Crippen LogP) is 1.30. The monoisotopic (exact) mass is 340 g/mol. The highest BCUT2D eigenvalue weighted by atomic mass is 32.1. The molecule has 0 fully saturated rings. The molecule has 8 nitrogen and oxygen atoms in total. The van der Waals surface area contributed by atoms with Crippen LogP contribution in [0.3, 0.4) is 0 Å². The van der Waals surface area contributed by atoms with Crippen LogP contribution in [0.15, 0.2) is 12.2 Å². The van der Waals surface area contributed by atoms with Gasteiger partial charge in [-0.25, -0.2) is 9.59 Å². The first-order valence-electron chi connectivity index (χ1n) is 6.49. The third-order valence-corrected chi connectivity index (χ3v) is 3.75. The van der Waals surface area contributed by atoms with Crippen LogP contribution in [0.4, 0.5) is 5.00 Å². The van der Waals surface area contributed by atoms with Gasteiger partial charge >= 0.3 is 11.9 Å². The Bertz CT molecular complexity index is 690. The molecule has 0 bridgehead atoms. The molecule has 9 heteroatoms. The van der Waals surface area contributed by atoms with Crippen LogP contribution in [0.5, 0.6) is 0 Å². The molecule has 0 aromatic carbocycles. The van der Waals surface area contributed by atoms with E-state index in [0.29, 0.717) is 11.6 Å². The Labute approximate surface area is 135 Å². The third-order valence-electron chi connectivity index (χ3n) is 2.53. The van der Waals surface area contributed by atoms with E-state index in [9.17, 15) is 19.2 Å². The van der Waals surface area contributed by atoms with Crippen LogP contribution < -0.4 is 11.1 Å². The number of esters is 1. The molecule has 1 rings (SSSR count). The van der Waals surface area contributed by atoms with Crippen LogP contribution in [0.1, 0.15) is 39.4 Å². The van der Waals surface area contributed by atoms with Gasteiger partial charge in [-0.1, -0.05) is 0 Å². The molecule has 0 radical (unpaired) electrons. The number of thiophene rings is 1. The summed E-state index contributed by atoms with van der Waals surface area (Å²) in [6.07, 6.45) is 1.05. The van der Waals surface area contributed by atoms with Crippen LogP contribution in [-0.4, -0.2) is 35.0 Å². The molecule has 0 saturated carbocycles. The number of amides is 2. The lowest BCUT2D eigenvalue weighted by Gasteiger charge is -2.09. The molecule has 0 spiro atoms. The number of aliphatic carboxylic acids is 1. The van der Waals surface area contributed by atoms with Gasteiger partial charge in [0.05, 0.1) is 16.5 Å². The van der Waals surface area contributed by atoms with Crippen molar-refractivity contribution in [3.8, 4) is 0 Å². The van der Waals surface area contributed by atoms with E-state index in [1.54, 1.807) is 13.8 Å². The van der Waals surface area contributed by atoms with Gasteiger partial charge in [-0.05, 0) is 26.3 Å². The normalized spacial score (nSPS) is 10.8. The fourth-order valence-corrected chi connectivity index (χ4v) is 2.71. The van der Waals surface area contributed by atoms with E-state index in [0.717, 1.165) is 17.4 Å². The number of carbonyl (C=O) groups is 4. The maximum absolute atomic E-state index is 12.1. The zero-order chi connectivity index (χ0) is 17.7. The lowest BCUT2D eigenvalue weighted by Crippen LogP contribution is -2.16. The van der Waals surface area contributed by atoms with Gasteiger partial charge in [0.1, 0.15) is 5.00 Å². The van der Waals surface area contributed by atoms with E-state index in [-0.39, 0.29) is 15.4 Å². The zero-order valence-electron chi connectivity index (χ0n) is 12.7. The number of hydrogen-bond acceptors (Lipinski definition) is 6. The number of carboxylic acid groups (broad SMARTS) is 1. The molecule has 1 heterocycles. The Morgan fingerprint density at radius 1 is 1.26 bits per heavy atom. The van der Waals surface area contributed by atoms with Crippen molar-refractivity contribution in [2.45, 2.75) is 26.9 Å². The highest BCUT2D eigenvalue weighted by Crippen LogP contribution is 2.33. The molecular weight excluding hydrogens is 324 g/mol. The van der Waals surface area contributed by atoms with E-state index in [1.165, 1.54) is 6.92 Å². The fourth-order valence-electron chi connectivity index (χ4n) is 1.66. The Kier molecular flexibility index (Phi) is 6.02. The largest absolute Gasteiger partial charge is 0.478 e. The SMILES string of the molecule is Cc1c(C(N)=O)sc(NC(=O)/C=C/C(=O)O)c1C(=O)OC(C)C. The van der Waals surface area contributed by atoms with Crippen LogP contribution in [0.2, 0.25) is 0 Å². The van der Waals surface area contributed by atoms with Crippen LogP contribution in [-0.2, 0) is 14.3 Å². The number of ether oxygens (including phenoxy) is 1. The summed E-state index contributed by atoms with van der Waals surface area (Å²) >= 11 is 0.824. The summed E-state index contributed by atoms with van der Waals surface area (Å²) in [5.74, 6) is -3.51. The van der Waals surface area contributed by atoms with Crippen molar-refractivity contribution in [2.75, 3.05) is 5.32 Å². The van der Waals surface area contributed by atoms with Crippen molar-refractivity contribution in [1.82, 2.24) is 0 Å². The van der Waals surface area contributed by atoms with Gasteiger partial charge in [0.25, 0.3) is 5.91 Å². The first-order chi connectivity index (χ1) is 10.6. The van der Waals surface area contributed by atoms with Gasteiger partial charge in [-0.15, -0.1) is 11.3 Å². The number of carboxylic acids is 1. The van der Waals surface area contributed by atoms with Gasteiger partial charge in [0, 0.05) is 12.2 Å². The molecule has 23 heavy (non-hydrogen) atoms. The standard InChI is InChI=1S/C14H16N2O6S/c1-6(2)22-14(21)10-7(3)11(12(15)20)23-13(10)16-8(17)4-5-9(18)19/h4-6H,1-3H3,(H2,15,20)(H,16,17)(H,18,19)/b5-4+. The minimum Gasteiger partial charge on any atom is -0.478 e. The molecule has 0 unspecified atom stereocenters. The second-order valence-corrected chi connectivity index (χ2v) is 5.76. The molecule has 4 N–H and O–H groups in total. The van der Waals surface area contributed by atoms with Crippen LogP contribution >= 0.6 is 11.3 Å². The van der Waals surface area contributed by atoms with Crippen molar-refractivity contribution in [1.29, 1.82) is 0 Å². The summed E-state index contributed by atoms with van der Waals surface area (Å²) in [5, 5.41) is 10.9. The molecule has 2 amide bonds. The summed E-state index contributed by atoms with van der Waals surface area (Å²) in [6.45, 7) is 4.82. The third kappa shape index (κ3) is 4.92. The van der Waals surface area contributed by atoms with Crippen molar-refractivity contribution < 1.29 is 29.0 Å². The molecule has 0 saturated heterocycles. The number of primary amides is 1. The summed E-state index contributed by atoms with van der Waals surface area (Å²) in [5.41, 5.74) is 5.56. The van der Waals surface area contributed by atoms with Gasteiger partial charge in [0.2, 0.25) is 5.91 Å². The minimum atomic E-state index is -1.29. The maximum atomic E-state index is 12.1. The number of carbonyl (C=O) groups excluding carboxylic acids is 3. The number of anilines is 1. The highest BCUT2D eigenvalue weighted by Gasteiger charge is 2.26. The zero-order valence-corrected chi connectivity index (χ0v) is 13.5. The molecule has 1 aromatic heterocycles. The van der Waals surface area contributed by atoms with E-state index in [1.807, 2.05) is 0 Å². The van der Waals surface area contributed by atoms with Gasteiger partial charge in [-0.2, -0.15) is 0 Å². The van der Waals surface area contributed by atoms with Crippen LogP contribution in [0, 0.1) is 6.92 Å². The second kappa shape index (κ2) is 7.54. The Balaban J connectivity index is 3.21. The quantitative estimate of drug-likeness (QED) is 0.527. The highest BCUT2D eigenvalue weighted by molar-refractivity contribution is 7.18. The first kappa shape index (κ1) is 18.4. The number of nitrogens with two attached hydrogens (primary N) is 1. The second-order valence-electron chi connectivity index (χ2n) is 4.74.